The number of aromatic amines is 1. The van der Waals surface area contributed by atoms with Gasteiger partial charge in [-0.05, 0) is 56.3 Å². The minimum atomic E-state index is -4.36. The summed E-state index contributed by atoms with van der Waals surface area (Å²) in [7, 11) is 0. The van der Waals surface area contributed by atoms with Crippen LogP contribution in [0.4, 0.5) is 18.9 Å². The van der Waals surface area contributed by atoms with Gasteiger partial charge in [0.05, 0.1) is 10.6 Å². The van der Waals surface area contributed by atoms with E-state index in [1.807, 2.05) is 12.9 Å². The van der Waals surface area contributed by atoms with Gasteiger partial charge in [0.15, 0.2) is 5.78 Å². The van der Waals surface area contributed by atoms with Crippen molar-refractivity contribution in [1.29, 1.82) is 0 Å². The highest BCUT2D eigenvalue weighted by Crippen LogP contribution is 2.34. The zero-order chi connectivity index (χ0) is 27.5. The molecule has 0 atom stereocenters. The molecule has 0 aliphatic heterocycles. The van der Waals surface area contributed by atoms with Crippen molar-refractivity contribution < 1.29 is 27.9 Å². The van der Waals surface area contributed by atoms with Gasteiger partial charge in [0, 0.05) is 46.2 Å². The summed E-state index contributed by atoms with van der Waals surface area (Å²) in [5, 5.41) is 8.60. The Morgan fingerprint density at radius 2 is 1.72 bits per heavy atom. The molecule has 4 rings (SSSR count). The second-order valence-electron chi connectivity index (χ2n) is 6.96. The van der Waals surface area contributed by atoms with E-state index in [4.69, 9.17) is 38.8 Å². The molecule has 0 bridgehead atoms. The molecule has 4 aromatic rings. The van der Waals surface area contributed by atoms with Crippen LogP contribution in [0.3, 0.4) is 0 Å². The van der Waals surface area contributed by atoms with Crippen LogP contribution in [0.5, 0.6) is 0 Å². The number of halogens is 5. The Hall–Kier alpha value is -3.40. The Morgan fingerprint density at radius 1 is 1.08 bits per heavy atom. The Bertz CT molecular complexity index is 1290. The first kappa shape index (κ1) is 30.6. The Labute approximate surface area is 215 Å². The molecule has 6 nitrogen and oxygen atoms in total. The average molecular weight is 542 g/mol. The van der Waals surface area contributed by atoms with Crippen LogP contribution < -0.4 is 5.73 Å². The number of anilines is 1. The molecule has 0 unspecified atom stereocenters. The third-order valence-corrected chi connectivity index (χ3v) is 4.95. The zero-order valence-electron chi connectivity index (χ0n) is 19.4. The Kier molecular flexibility index (Phi) is 12.1. The number of nitrogens with one attached hydrogen (secondary N) is 1. The lowest BCUT2D eigenvalue weighted by molar-refractivity contribution is -0.137. The first-order chi connectivity index (χ1) is 17.0. The van der Waals surface area contributed by atoms with Crippen molar-refractivity contribution in [2.75, 3.05) is 12.3 Å². The van der Waals surface area contributed by atoms with Gasteiger partial charge in [0.2, 0.25) is 0 Å². The van der Waals surface area contributed by atoms with Crippen molar-refractivity contribution in [3.63, 3.8) is 0 Å². The lowest BCUT2D eigenvalue weighted by atomic mass is 10.0. The third-order valence-electron chi connectivity index (χ3n) is 4.39. The van der Waals surface area contributed by atoms with Gasteiger partial charge in [-0.15, -0.1) is 0 Å². The maximum atomic E-state index is 12.5. The molecule has 2 aromatic heterocycles. The van der Waals surface area contributed by atoms with Gasteiger partial charge in [-0.2, -0.15) is 13.2 Å². The van der Waals surface area contributed by atoms with E-state index in [9.17, 15) is 18.0 Å². The Morgan fingerprint density at radius 3 is 2.28 bits per heavy atom. The van der Waals surface area contributed by atoms with Crippen LogP contribution in [0.25, 0.3) is 11.0 Å². The number of carbonyl (C=O) groups excluding carboxylic acids is 2. The molecule has 0 aliphatic rings. The van der Waals surface area contributed by atoms with Gasteiger partial charge in [-0.3, -0.25) is 4.79 Å². The number of rotatable bonds is 2. The van der Waals surface area contributed by atoms with Crippen molar-refractivity contribution in [2.45, 2.75) is 20.0 Å². The molecule has 0 saturated heterocycles. The van der Waals surface area contributed by atoms with Crippen LogP contribution in [0.2, 0.25) is 10.0 Å². The number of aliphatic hydroxyl groups is 1. The Balaban J connectivity index is 0.000000329. The number of alkyl halides is 3. The predicted molar refractivity (Wildman–Crippen MR) is 136 cm³/mol. The van der Waals surface area contributed by atoms with E-state index in [-0.39, 0.29) is 17.4 Å². The van der Waals surface area contributed by atoms with Crippen LogP contribution in [0.1, 0.15) is 34.0 Å². The van der Waals surface area contributed by atoms with Crippen molar-refractivity contribution in [3.05, 3.63) is 93.2 Å². The molecule has 36 heavy (non-hydrogen) atoms. The maximum absolute atomic E-state index is 12.5. The van der Waals surface area contributed by atoms with E-state index < -0.39 is 11.7 Å². The van der Waals surface area contributed by atoms with E-state index in [1.54, 1.807) is 50.5 Å². The summed E-state index contributed by atoms with van der Waals surface area (Å²) in [5.74, 6) is -0.138. The summed E-state index contributed by atoms with van der Waals surface area (Å²) in [4.78, 5) is 27.7. The number of nitrogen functional groups attached to an aromatic ring is 1. The van der Waals surface area contributed by atoms with Gasteiger partial charge in [0.25, 0.3) is 0 Å². The molecule has 0 spiro atoms. The number of aromatic nitrogens is 2. The summed E-state index contributed by atoms with van der Waals surface area (Å²) >= 11 is 11.2. The number of ketones is 1. The summed E-state index contributed by atoms with van der Waals surface area (Å²) in [6.45, 7) is 5.52. The maximum Gasteiger partial charge on any atom is 0.417 e. The van der Waals surface area contributed by atoms with Crippen LogP contribution in [0.15, 0.2) is 60.9 Å². The number of pyridine rings is 1. The number of nitrogens with two attached hydrogens (primary N) is 1. The highest BCUT2D eigenvalue weighted by Gasteiger charge is 2.32. The lowest BCUT2D eigenvalue weighted by Crippen LogP contribution is -2.06. The topological polar surface area (TPSA) is 109 Å². The van der Waals surface area contributed by atoms with E-state index in [0.717, 1.165) is 11.5 Å². The fourth-order valence-corrected chi connectivity index (χ4v) is 3.31. The monoisotopic (exact) mass is 541 g/mol. The molecule has 0 radical (unpaired) electrons. The largest absolute Gasteiger partial charge is 0.417 e. The van der Waals surface area contributed by atoms with Gasteiger partial charge >= 0.3 is 6.18 Å². The average Bonchev–Trinajstić information content (AvgIpc) is 3.31. The number of carbonyl (C=O) groups is 2. The molecule has 0 aliphatic carbocycles. The van der Waals surface area contributed by atoms with E-state index in [2.05, 4.69) is 9.97 Å². The minimum absolute atomic E-state index is 0.138. The summed E-state index contributed by atoms with van der Waals surface area (Å²) in [6.07, 6.45) is -1.01. The molecule has 192 valence electrons. The zero-order valence-corrected chi connectivity index (χ0v) is 20.9. The molecule has 0 amide bonds. The third kappa shape index (κ3) is 8.37. The first-order valence-corrected chi connectivity index (χ1v) is 11.0. The van der Waals surface area contributed by atoms with Gasteiger partial charge in [-0.1, -0.05) is 34.8 Å². The number of hydrogen-bond donors (Lipinski definition) is 3. The van der Waals surface area contributed by atoms with E-state index >= 15 is 0 Å². The summed E-state index contributed by atoms with van der Waals surface area (Å²) in [5.41, 5.74) is 7.69. The molecule has 0 fully saturated rings. The summed E-state index contributed by atoms with van der Waals surface area (Å²) < 4.78 is 36.4. The smallest absolute Gasteiger partial charge is 0.398 e. The van der Waals surface area contributed by atoms with Gasteiger partial charge in [0.1, 0.15) is 12.4 Å². The SMILES string of the molecule is C=O.CCO.Cc1ccc(Cl)c(C(F)(F)F)c1.Nc1cc(Cl)ccc1C(=O)c1ccnc2[nH]ccc12. The highest BCUT2D eigenvalue weighted by atomic mass is 35.5. The van der Waals surface area contributed by atoms with Gasteiger partial charge in [-0.25, -0.2) is 4.98 Å². The number of aliphatic hydroxyl groups excluding tert-OH is 1. The fraction of sp³-hybridized carbons (Fsp3) is 0.160. The van der Waals surface area contributed by atoms with Crippen LogP contribution in [0, 0.1) is 6.92 Å². The van der Waals surface area contributed by atoms with E-state index in [1.165, 1.54) is 12.1 Å². The highest BCUT2D eigenvalue weighted by molar-refractivity contribution is 6.31. The number of H-pyrrole nitrogens is 1. The number of aryl methyl sites for hydroxylation is 1. The second-order valence-corrected chi connectivity index (χ2v) is 7.80. The molecular weight excluding hydrogens is 518 g/mol. The van der Waals surface area contributed by atoms with Crippen molar-refractivity contribution in [2.24, 2.45) is 0 Å². The molecule has 11 heteroatoms. The van der Waals surface area contributed by atoms with Crippen molar-refractivity contribution >= 4 is 52.5 Å². The lowest BCUT2D eigenvalue weighted by Gasteiger charge is -2.08. The molecule has 4 N–H and O–H groups in total. The molecule has 2 heterocycles. The molecule has 2 aromatic carbocycles. The van der Waals surface area contributed by atoms with E-state index in [0.29, 0.717) is 33.0 Å². The first-order valence-electron chi connectivity index (χ1n) is 10.2. The molecular formula is C25H24Cl2F3N3O3. The quantitative estimate of drug-likeness (QED) is 0.198. The predicted octanol–water partition coefficient (Wildman–Crippen LogP) is 6.51. The van der Waals surface area contributed by atoms with Crippen LogP contribution in [-0.2, 0) is 11.0 Å². The normalized spacial score (nSPS) is 10.2. The van der Waals surface area contributed by atoms with Crippen LogP contribution >= 0.6 is 23.2 Å². The van der Waals surface area contributed by atoms with Gasteiger partial charge < -0.3 is 20.6 Å². The standard InChI is InChI=1S/C14H10ClN3O.C8H6ClF3.C2H6O.CH2O/c15-8-1-2-11(12(16)7-8)13(19)9-3-5-17-14-10(9)4-6-18-14;1-5-2-3-7(9)6(4-5)8(10,11)12;1-2-3;1-2/h1-7H,16H2,(H,17,18);2-4H,1H3;3H,2H2,1H3;1H2. The fourth-order valence-electron chi connectivity index (χ4n) is 2.90. The van der Waals surface area contributed by atoms with Crippen molar-refractivity contribution in [1.82, 2.24) is 9.97 Å². The molecule has 0 saturated carbocycles. The van der Waals surface area contributed by atoms with Crippen molar-refractivity contribution in [3.8, 4) is 0 Å². The number of benzene rings is 2. The minimum Gasteiger partial charge on any atom is -0.398 e. The number of fused-ring (bicyclic) bond motifs is 1. The number of nitrogens with zero attached hydrogens (tertiary/aromatic N) is 1. The number of hydrogen-bond acceptors (Lipinski definition) is 5. The summed E-state index contributed by atoms with van der Waals surface area (Å²) in [6, 6.07) is 12.2. The second kappa shape index (κ2) is 14.2. The van der Waals surface area contributed by atoms with Crippen LogP contribution in [-0.4, -0.2) is 34.3 Å².